The number of nitrogens with zero attached hydrogens (tertiary/aromatic N) is 1. The number of esters is 1. The van der Waals surface area contributed by atoms with Gasteiger partial charge in [0, 0.05) is 10.9 Å². The van der Waals surface area contributed by atoms with Gasteiger partial charge in [-0.2, -0.15) is 0 Å². The van der Waals surface area contributed by atoms with Crippen LogP contribution < -0.4 is 10.5 Å². The van der Waals surface area contributed by atoms with E-state index in [0.717, 1.165) is 17.7 Å². The Balaban J connectivity index is 1.95. The van der Waals surface area contributed by atoms with E-state index in [2.05, 4.69) is 18.8 Å². The molecule has 2 rings (SSSR count). The first-order chi connectivity index (χ1) is 11.0. The fraction of sp³-hybridized carbons (Fsp3) is 0.412. The highest BCUT2D eigenvalue weighted by molar-refractivity contribution is 7.13. The highest BCUT2D eigenvalue weighted by Crippen LogP contribution is 2.26. The van der Waals surface area contributed by atoms with Gasteiger partial charge in [-0.1, -0.05) is 26.0 Å². The number of nitrogens with two attached hydrogens (primary N) is 1. The molecule has 6 heteroatoms. The minimum absolute atomic E-state index is 0.353. The number of aromatic nitrogens is 1. The molecule has 0 aliphatic heterocycles. The number of thiazole rings is 1. The molecule has 0 saturated heterocycles. The first-order valence-corrected chi connectivity index (χ1v) is 8.48. The Morgan fingerprint density at radius 1 is 1.35 bits per heavy atom. The van der Waals surface area contributed by atoms with Crippen LogP contribution >= 0.6 is 11.3 Å². The molecule has 0 saturated carbocycles. The molecule has 23 heavy (non-hydrogen) atoms. The first-order valence-electron chi connectivity index (χ1n) is 7.60. The van der Waals surface area contributed by atoms with E-state index in [1.807, 2.05) is 23.6 Å². The Kier molecular flexibility index (Phi) is 5.98. The van der Waals surface area contributed by atoms with E-state index in [0.29, 0.717) is 23.4 Å². The highest BCUT2D eigenvalue weighted by Gasteiger charge is 2.17. The number of rotatable bonds is 7. The van der Waals surface area contributed by atoms with Crippen LogP contribution in [-0.4, -0.2) is 23.7 Å². The average Bonchev–Trinajstić information content (AvgIpc) is 2.93. The maximum Gasteiger partial charge on any atom is 0.347 e. The van der Waals surface area contributed by atoms with Gasteiger partial charge in [0.2, 0.25) is 0 Å². The second-order valence-electron chi connectivity index (χ2n) is 5.71. The van der Waals surface area contributed by atoms with Gasteiger partial charge in [-0.25, -0.2) is 9.78 Å². The van der Waals surface area contributed by atoms with E-state index >= 15 is 0 Å². The van der Waals surface area contributed by atoms with Crippen LogP contribution in [0.15, 0.2) is 29.6 Å². The van der Waals surface area contributed by atoms with Gasteiger partial charge in [-0.15, -0.1) is 11.3 Å². The molecule has 5 nitrogen and oxygen atoms in total. The molecule has 1 aromatic carbocycles. The number of anilines is 1. The van der Waals surface area contributed by atoms with Crippen LogP contribution in [0.4, 0.5) is 5.13 Å². The van der Waals surface area contributed by atoms with Crippen LogP contribution in [-0.2, 0) is 9.53 Å². The molecule has 0 bridgehead atoms. The number of benzene rings is 1. The summed E-state index contributed by atoms with van der Waals surface area (Å²) in [5.74, 6) is 0.748. The van der Waals surface area contributed by atoms with Gasteiger partial charge in [0.25, 0.3) is 0 Å². The molecule has 2 aromatic rings. The van der Waals surface area contributed by atoms with Crippen LogP contribution in [0.1, 0.15) is 27.2 Å². The lowest BCUT2D eigenvalue weighted by atomic mass is 10.1. The maximum atomic E-state index is 11.9. The number of ether oxygens (including phenoxy) is 2. The maximum absolute atomic E-state index is 11.9. The summed E-state index contributed by atoms with van der Waals surface area (Å²) in [6, 6.07) is 7.42. The smallest absolute Gasteiger partial charge is 0.347 e. The van der Waals surface area contributed by atoms with Crippen molar-refractivity contribution in [3.05, 3.63) is 29.6 Å². The zero-order valence-corrected chi connectivity index (χ0v) is 14.4. The SMILES string of the molecule is CC(C)CCOC(=O)C(C)Oc1cccc(-c2csc(N)n2)c1. The van der Waals surface area contributed by atoms with Gasteiger partial charge < -0.3 is 15.2 Å². The standard InChI is InChI=1S/C17H22N2O3S/c1-11(2)7-8-21-16(20)12(3)22-14-6-4-5-13(9-14)15-10-23-17(18)19-15/h4-6,9-12H,7-8H2,1-3H3,(H2,18,19). The third-order valence-electron chi connectivity index (χ3n) is 3.24. The predicted molar refractivity (Wildman–Crippen MR) is 92.5 cm³/mol. The molecule has 0 amide bonds. The van der Waals surface area contributed by atoms with E-state index < -0.39 is 6.10 Å². The summed E-state index contributed by atoms with van der Waals surface area (Å²) in [6.45, 7) is 6.28. The Hall–Kier alpha value is -2.08. The Bertz CT molecular complexity index is 655. The van der Waals surface area contributed by atoms with Crippen molar-refractivity contribution in [2.24, 2.45) is 5.92 Å². The number of hydrogen-bond acceptors (Lipinski definition) is 6. The highest BCUT2D eigenvalue weighted by atomic mass is 32.1. The van der Waals surface area contributed by atoms with Crippen molar-refractivity contribution >= 4 is 22.4 Å². The van der Waals surface area contributed by atoms with E-state index in [4.69, 9.17) is 15.2 Å². The van der Waals surface area contributed by atoms with Crippen LogP contribution in [0.2, 0.25) is 0 Å². The second-order valence-corrected chi connectivity index (χ2v) is 6.60. The quantitative estimate of drug-likeness (QED) is 0.781. The van der Waals surface area contributed by atoms with E-state index in [9.17, 15) is 4.79 Å². The number of nitrogen functional groups attached to an aromatic ring is 1. The van der Waals surface area contributed by atoms with Gasteiger partial charge in [0.15, 0.2) is 11.2 Å². The van der Waals surface area contributed by atoms with Gasteiger partial charge in [-0.05, 0) is 31.4 Å². The van der Waals surface area contributed by atoms with Crippen molar-refractivity contribution in [3.63, 3.8) is 0 Å². The van der Waals surface area contributed by atoms with E-state index in [1.165, 1.54) is 11.3 Å². The molecule has 1 aromatic heterocycles. The van der Waals surface area contributed by atoms with Crippen LogP contribution in [0.3, 0.4) is 0 Å². The van der Waals surface area contributed by atoms with Crippen LogP contribution in [0.25, 0.3) is 11.3 Å². The van der Waals surface area contributed by atoms with Gasteiger partial charge in [0.05, 0.1) is 12.3 Å². The number of carbonyl (C=O) groups is 1. The molecule has 1 unspecified atom stereocenters. The largest absolute Gasteiger partial charge is 0.479 e. The zero-order chi connectivity index (χ0) is 16.8. The normalized spacial score (nSPS) is 12.2. The molecular weight excluding hydrogens is 312 g/mol. The van der Waals surface area contributed by atoms with Gasteiger partial charge in [0.1, 0.15) is 5.75 Å². The van der Waals surface area contributed by atoms with Crippen molar-refractivity contribution in [2.45, 2.75) is 33.3 Å². The summed E-state index contributed by atoms with van der Waals surface area (Å²) >= 11 is 1.39. The lowest BCUT2D eigenvalue weighted by Crippen LogP contribution is -2.26. The fourth-order valence-electron chi connectivity index (χ4n) is 1.91. The summed E-state index contributed by atoms with van der Waals surface area (Å²) in [5, 5.41) is 2.41. The summed E-state index contributed by atoms with van der Waals surface area (Å²) < 4.78 is 10.9. The third kappa shape index (κ3) is 5.25. The Morgan fingerprint density at radius 3 is 2.78 bits per heavy atom. The van der Waals surface area contributed by atoms with Gasteiger partial charge in [-0.3, -0.25) is 0 Å². The average molecular weight is 334 g/mol. The first kappa shape index (κ1) is 17.3. The molecule has 1 heterocycles. The fourth-order valence-corrected chi connectivity index (χ4v) is 2.49. The van der Waals surface area contributed by atoms with Crippen LogP contribution in [0, 0.1) is 5.92 Å². The lowest BCUT2D eigenvalue weighted by Gasteiger charge is -2.15. The van der Waals surface area contributed by atoms with Crippen molar-refractivity contribution in [2.75, 3.05) is 12.3 Å². The van der Waals surface area contributed by atoms with Crippen LogP contribution in [0.5, 0.6) is 5.75 Å². The number of carbonyl (C=O) groups excluding carboxylic acids is 1. The predicted octanol–water partition coefficient (Wildman–Crippen LogP) is 3.75. The van der Waals surface area contributed by atoms with Gasteiger partial charge >= 0.3 is 5.97 Å². The molecule has 1 atom stereocenters. The molecule has 0 aliphatic rings. The third-order valence-corrected chi connectivity index (χ3v) is 3.91. The minimum atomic E-state index is -0.655. The molecule has 0 fully saturated rings. The topological polar surface area (TPSA) is 74.4 Å². The zero-order valence-electron chi connectivity index (χ0n) is 13.6. The van der Waals surface area contributed by atoms with E-state index in [1.54, 1.807) is 13.0 Å². The summed E-state index contributed by atoms with van der Waals surface area (Å²) in [7, 11) is 0. The molecular formula is C17H22N2O3S. The minimum Gasteiger partial charge on any atom is -0.479 e. The van der Waals surface area contributed by atoms with Crippen molar-refractivity contribution in [1.82, 2.24) is 4.98 Å². The molecule has 124 valence electrons. The summed E-state index contributed by atoms with van der Waals surface area (Å²) in [4.78, 5) is 16.2. The second kappa shape index (κ2) is 7.97. The van der Waals surface area contributed by atoms with Crippen molar-refractivity contribution in [1.29, 1.82) is 0 Å². The molecule has 0 radical (unpaired) electrons. The van der Waals surface area contributed by atoms with E-state index in [-0.39, 0.29) is 5.97 Å². The summed E-state index contributed by atoms with van der Waals surface area (Å²) in [6.07, 6.45) is 0.192. The van der Waals surface area contributed by atoms with Crippen molar-refractivity contribution < 1.29 is 14.3 Å². The molecule has 0 aliphatic carbocycles. The Morgan fingerprint density at radius 2 is 2.13 bits per heavy atom. The van der Waals surface area contributed by atoms with Crippen molar-refractivity contribution in [3.8, 4) is 17.0 Å². The molecule has 0 spiro atoms. The monoisotopic (exact) mass is 334 g/mol. The summed E-state index contributed by atoms with van der Waals surface area (Å²) in [5.41, 5.74) is 7.35. The number of hydrogen-bond donors (Lipinski definition) is 1. The molecule has 2 N–H and O–H groups in total. The Labute approximate surface area is 140 Å². The lowest BCUT2D eigenvalue weighted by molar-refractivity contribution is -0.151.